The van der Waals surface area contributed by atoms with Gasteiger partial charge in [0, 0.05) is 21.8 Å². The van der Waals surface area contributed by atoms with Crippen molar-refractivity contribution in [3.05, 3.63) is 52.5 Å². The molecular formula is C21H20ClF2NO6. The highest BCUT2D eigenvalue weighted by molar-refractivity contribution is 6.30. The number of hydrogen-bond donors (Lipinski definition) is 1. The predicted octanol–water partition coefficient (Wildman–Crippen LogP) is 4.33. The van der Waals surface area contributed by atoms with E-state index in [0.29, 0.717) is 16.3 Å². The molecule has 0 saturated carbocycles. The van der Waals surface area contributed by atoms with Crippen LogP contribution >= 0.6 is 11.6 Å². The zero-order valence-electron chi connectivity index (χ0n) is 16.7. The molecule has 7 nitrogen and oxygen atoms in total. The fourth-order valence-corrected chi connectivity index (χ4v) is 3.43. The van der Waals surface area contributed by atoms with Gasteiger partial charge in [-0.1, -0.05) is 23.7 Å². The average molecular weight is 456 g/mol. The van der Waals surface area contributed by atoms with E-state index in [4.69, 9.17) is 30.5 Å². The minimum Gasteiger partial charge on any atom is -0.493 e. The number of fused-ring (bicyclic) bond motifs is 1. The summed E-state index contributed by atoms with van der Waals surface area (Å²) in [5, 5.41) is 3.02. The highest BCUT2D eigenvalue weighted by Crippen LogP contribution is 2.44. The van der Waals surface area contributed by atoms with Gasteiger partial charge in [-0.05, 0) is 31.2 Å². The van der Waals surface area contributed by atoms with Gasteiger partial charge in [-0.3, -0.25) is 9.59 Å². The number of alkyl halides is 2. The quantitative estimate of drug-likeness (QED) is 0.626. The van der Waals surface area contributed by atoms with Gasteiger partial charge in [0.2, 0.25) is 0 Å². The van der Waals surface area contributed by atoms with Gasteiger partial charge in [0.1, 0.15) is 12.2 Å². The van der Waals surface area contributed by atoms with Gasteiger partial charge in [0.15, 0.2) is 11.5 Å². The highest BCUT2D eigenvalue weighted by Gasteiger charge is 2.36. The Kier molecular flexibility index (Phi) is 7.29. The molecule has 2 aromatic rings. The lowest BCUT2D eigenvalue weighted by Crippen LogP contribution is -2.32. The van der Waals surface area contributed by atoms with Crippen molar-refractivity contribution in [2.75, 3.05) is 19.0 Å². The standard InChI is InChI=1S/C21H20ClF2NO6/c1-3-29-17(26)10-16-20(27)25-14-8-7-11(22)9-13(14)18(30-16)12-5-4-6-15(28-2)19(12)31-21(23)24/h4-9,16,18,21H,3,10H2,1-2H3,(H,25,27). The van der Waals surface area contributed by atoms with Crippen molar-refractivity contribution in [3.63, 3.8) is 0 Å². The lowest BCUT2D eigenvalue weighted by molar-refractivity contribution is -0.150. The van der Waals surface area contributed by atoms with Gasteiger partial charge in [-0.15, -0.1) is 0 Å². The highest BCUT2D eigenvalue weighted by atomic mass is 35.5. The van der Waals surface area contributed by atoms with E-state index in [0.717, 1.165) is 0 Å². The zero-order chi connectivity index (χ0) is 22.5. The Bertz CT molecular complexity index is 971. The maximum Gasteiger partial charge on any atom is 0.387 e. The molecule has 0 fully saturated rings. The van der Waals surface area contributed by atoms with Crippen LogP contribution in [0.5, 0.6) is 11.5 Å². The van der Waals surface area contributed by atoms with Crippen molar-refractivity contribution >= 4 is 29.2 Å². The molecule has 0 saturated heterocycles. The van der Waals surface area contributed by atoms with Crippen molar-refractivity contribution < 1.29 is 37.3 Å². The van der Waals surface area contributed by atoms with Crippen LogP contribution in [0.1, 0.15) is 30.6 Å². The number of methoxy groups -OCH3 is 1. The lowest BCUT2D eigenvalue weighted by Gasteiger charge is -2.24. The molecule has 2 unspecified atom stereocenters. The summed E-state index contributed by atoms with van der Waals surface area (Å²) in [6.45, 7) is -1.36. The molecule has 1 amide bonds. The number of carbonyl (C=O) groups is 2. The van der Waals surface area contributed by atoms with E-state index < -0.39 is 30.7 Å². The van der Waals surface area contributed by atoms with Gasteiger partial charge in [0.05, 0.1) is 20.1 Å². The summed E-state index contributed by atoms with van der Waals surface area (Å²) in [6.07, 6.45) is -2.69. The number of carbonyl (C=O) groups excluding carboxylic acids is 2. The number of rotatable bonds is 7. The van der Waals surface area contributed by atoms with Crippen LogP contribution in [0.4, 0.5) is 14.5 Å². The topological polar surface area (TPSA) is 83.1 Å². The summed E-state index contributed by atoms with van der Waals surface area (Å²) in [7, 11) is 1.31. The summed E-state index contributed by atoms with van der Waals surface area (Å²) < 4.78 is 47.1. The first-order chi connectivity index (χ1) is 14.8. The molecule has 2 atom stereocenters. The minimum absolute atomic E-state index is 0.0513. The largest absolute Gasteiger partial charge is 0.493 e. The second-order valence-electron chi connectivity index (χ2n) is 6.49. The molecule has 0 spiro atoms. The van der Waals surface area contributed by atoms with Crippen molar-refractivity contribution in [1.82, 2.24) is 0 Å². The molecule has 1 aliphatic rings. The maximum atomic E-state index is 13.2. The van der Waals surface area contributed by atoms with Crippen molar-refractivity contribution in [3.8, 4) is 11.5 Å². The maximum absolute atomic E-state index is 13.2. The molecular weight excluding hydrogens is 436 g/mol. The molecule has 0 aromatic heterocycles. The molecule has 1 aliphatic heterocycles. The van der Waals surface area contributed by atoms with Gasteiger partial charge in [0.25, 0.3) is 5.91 Å². The summed E-state index contributed by atoms with van der Waals surface area (Å²) in [6, 6.07) is 9.20. The van der Waals surface area contributed by atoms with Crippen molar-refractivity contribution in [1.29, 1.82) is 0 Å². The molecule has 0 aliphatic carbocycles. The summed E-state index contributed by atoms with van der Waals surface area (Å²) in [5.41, 5.74) is 0.935. The number of nitrogens with one attached hydrogen (secondary N) is 1. The van der Waals surface area contributed by atoms with Gasteiger partial charge < -0.3 is 24.3 Å². The zero-order valence-corrected chi connectivity index (χ0v) is 17.4. The third-order valence-electron chi connectivity index (χ3n) is 4.52. The molecule has 2 aromatic carbocycles. The minimum atomic E-state index is -3.13. The summed E-state index contributed by atoms with van der Waals surface area (Å²) in [4.78, 5) is 24.7. The van der Waals surface area contributed by atoms with Crippen LogP contribution in [0.15, 0.2) is 36.4 Å². The number of anilines is 1. The second-order valence-corrected chi connectivity index (χ2v) is 6.93. The van der Waals surface area contributed by atoms with E-state index in [1.54, 1.807) is 31.2 Å². The van der Waals surface area contributed by atoms with Gasteiger partial charge in [-0.2, -0.15) is 8.78 Å². The summed E-state index contributed by atoms with van der Waals surface area (Å²) >= 11 is 6.15. The number of ether oxygens (including phenoxy) is 4. The van der Waals surface area contributed by atoms with Crippen LogP contribution < -0.4 is 14.8 Å². The first-order valence-corrected chi connectivity index (χ1v) is 9.75. The number of amides is 1. The molecule has 10 heteroatoms. The van der Waals surface area contributed by atoms with E-state index in [2.05, 4.69) is 5.32 Å². The molecule has 1 heterocycles. The average Bonchev–Trinajstić information content (AvgIpc) is 2.84. The first kappa shape index (κ1) is 22.8. The van der Waals surface area contributed by atoms with Crippen LogP contribution in [0, 0.1) is 0 Å². The monoisotopic (exact) mass is 455 g/mol. The third-order valence-corrected chi connectivity index (χ3v) is 4.76. The SMILES string of the molecule is CCOC(=O)CC1OC(c2cccc(OC)c2OC(F)F)c2cc(Cl)ccc2NC1=O. The molecule has 0 radical (unpaired) electrons. The first-order valence-electron chi connectivity index (χ1n) is 9.37. The number of para-hydroxylation sites is 1. The molecule has 0 bridgehead atoms. The van der Waals surface area contributed by atoms with Gasteiger partial charge in [-0.25, -0.2) is 0 Å². The van der Waals surface area contributed by atoms with E-state index >= 15 is 0 Å². The molecule has 1 N–H and O–H groups in total. The second kappa shape index (κ2) is 9.93. The Balaban J connectivity index is 2.13. The van der Waals surface area contributed by atoms with E-state index in [9.17, 15) is 18.4 Å². The number of halogens is 3. The fraction of sp³-hybridized carbons (Fsp3) is 0.333. The molecule has 166 valence electrons. The van der Waals surface area contributed by atoms with Crippen molar-refractivity contribution in [2.45, 2.75) is 32.2 Å². The van der Waals surface area contributed by atoms with Crippen LogP contribution in [-0.2, 0) is 19.1 Å². The molecule has 31 heavy (non-hydrogen) atoms. The predicted molar refractivity (Wildman–Crippen MR) is 108 cm³/mol. The van der Waals surface area contributed by atoms with Crippen molar-refractivity contribution in [2.24, 2.45) is 0 Å². The third kappa shape index (κ3) is 5.23. The Morgan fingerprint density at radius 1 is 1.26 bits per heavy atom. The smallest absolute Gasteiger partial charge is 0.387 e. The number of esters is 1. The van der Waals surface area contributed by atoms with E-state index in [1.807, 2.05) is 0 Å². The number of benzene rings is 2. The Morgan fingerprint density at radius 2 is 2.03 bits per heavy atom. The summed E-state index contributed by atoms with van der Waals surface area (Å²) in [5.74, 6) is -1.42. The van der Waals surface area contributed by atoms with Gasteiger partial charge >= 0.3 is 12.6 Å². The Hall–Kier alpha value is -2.91. The Labute approximate surface area is 182 Å². The van der Waals surface area contributed by atoms with Crippen LogP contribution in [0.3, 0.4) is 0 Å². The normalized spacial score (nSPS) is 18.1. The van der Waals surface area contributed by atoms with E-state index in [-0.39, 0.29) is 30.1 Å². The van der Waals surface area contributed by atoms with Crippen LogP contribution in [0.25, 0.3) is 0 Å². The Morgan fingerprint density at radius 3 is 2.71 bits per heavy atom. The molecule has 3 rings (SSSR count). The fourth-order valence-electron chi connectivity index (χ4n) is 3.25. The van der Waals surface area contributed by atoms with Crippen LogP contribution in [0.2, 0.25) is 5.02 Å². The van der Waals surface area contributed by atoms with Crippen LogP contribution in [-0.4, -0.2) is 38.3 Å². The lowest BCUT2D eigenvalue weighted by atomic mass is 9.98. The number of hydrogen-bond acceptors (Lipinski definition) is 6. The van der Waals surface area contributed by atoms with E-state index in [1.165, 1.54) is 19.2 Å².